The van der Waals surface area contributed by atoms with Crippen molar-refractivity contribution < 1.29 is 12.4 Å². The van der Waals surface area contributed by atoms with E-state index in [-0.39, 0.29) is 32.4 Å². The second-order valence-corrected chi connectivity index (χ2v) is 11.8. The molecule has 8 nitrogen and oxygen atoms in total. The third kappa shape index (κ3) is 7.28. The van der Waals surface area contributed by atoms with Crippen molar-refractivity contribution in [3.8, 4) is 6.07 Å². The molecule has 1 aromatic carbocycles. The fraction of sp³-hybridized carbons (Fsp3) is 0.607. The number of hydrogen-bond acceptors (Lipinski definition) is 7. The van der Waals surface area contributed by atoms with E-state index < -0.39 is 0 Å². The van der Waals surface area contributed by atoms with Crippen LogP contribution in [0, 0.1) is 17.2 Å². The Morgan fingerprint density at radius 2 is 1.92 bits per heavy atom. The van der Waals surface area contributed by atoms with Gasteiger partial charge in [-0.15, -0.1) is 0 Å². The smallest absolute Gasteiger partial charge is 0.242 e. The zero-order valence-corrected chi connectivity index (χ0v) is 23.1. The summed E-state index contributed by atoms with van der Waals surface area (Å²) in [6, 6.07) is 10.8. The molecule has 204 valence electrons. The summed E-state index contributed by atoms with van der Waals surface area (Å²) in [5.74, 6) is 0.666. The third-order valence-electron chi connectivity index (χ3n) is 7.47. The molecule has 3 aliphatic heterocycles. The largest absolute Gasteiger partial charge is 0.383 e. The van der Waals surface area contributed by atoms with Gasteiger partial charge in [-0.2, -0.15) is 5.26 Å². The van der Waals surface area contributed by atoms with Gasteiger partial charge in [-0.05, 0) is 69.9 Å². The molecule has 1 unspecified atom stereocenters. The molecule has 0 radical (unpaired) electrons. The minimum Gasteiger partial charge on any atom is -0.383 e. The van der Waals surface area contributed by atoms with Crippen LogP contribution in [0.5, 0.6) is 0 Å². The van der Waals surface area contributed by atoms with Crippen LogP contribution in [0.4, 0.5) is 5.69 Å². The number of nitriles is 1. The van der Waals surface area contributed by atoms with E-state index in [1.807, 2.05) is 6.92 Å². The third-order valence-corrected chi connectivity index (χ3v) is 8.82. The second kappa shape index (κ2) is 12.8. The maximum Gasteiger partial charge on any atom is 0.242 e. The lowest BCUT2D eigenvalue weighted by molar-refractivity contribution is -0.127. The number of piperidine rings is 1. The van der Waals surface area contributed by atoms with Gasteiger partial charge in [-0.25, -0.2) is 0 Å². The number of hydrogen-bond donors (Lipinski definition) is 2. The Morgan fingerprint density at radius 3 is 2.54 bits per heavy atom. The molecule has 0 aromatic heterocycles. The van der Waals surface area contributed by atoms with E-state index >= 15 is 0 Å². The minimum atomic E-state index is -0.330. The summed E-state index contributed by atoms with van der Waals surface area (Å²) in [6.45, 7) is 10.6. The Bertz CT molecular complexity index is 1030. The van der Waals surface area contributed by atoms with Crippen molar-refractivity contribution in [3.05, 3.63) is 40.4 Å². The van der Waals surface area contributed by atoms with Crippen LogP contribution in [-0.4, -0.2) is 90.7 Å². The van der Waals surface area contributed by atoms with Crippen LogP contribution in [-0.2, 0) is 16.0 Å². The lowest BCUT2D eigenvalue weighted by atomic mass is 10.0. The topological polar surface area (TPSA) is 91.7 Å². The van der Waals surface area contributed by atoms with Crippen molar-refractivity contribution in [3.63, 3.8) is 0 Å². The Labute approximate surface area is 228 Å². The van der Waals surface area contributed by atoms with E-state index in [1.54, 1.807) is 4.90 Å². The van der Waals surface area contributed by atoms with Crippen LogP contribution < -0.4 is 10.6 Å². The van der Waals surface area contributed by atoms with Gasteiger partial charge >= 0.3 is 0 Å². The zero-order chi connectivity index (χ0) is 26.4. The molecular weight excluding hydrogens is 484 g/mol. The SMILES string of the molecule is CCN1C(=O)C(CNc2ccc(CCN3CC(C)C3)cc2)S/C1=C(/C#N)CC(=O)NC1CCN(C)CC1.[HH].[HH]. The monoisotopic (exact) mass is 528 g/mol. The minimum absolute atomic E-state index is 0. The van der Waals surface area contributed by atoms with Gasteiger partial charge in [0, 0.05) is 47.3 Å². The summed E-state index contributed by atoms with van der Waals surface area (Å²) in [7, 11) is 2.08. The number of thioether (sulfide) groups is 1. The maximum absolute atomic E-state index is 13.1. The van der Waals surface area contributed by atoms with E-state index in [0.29, 0.717) is 23.7 Å². The number of likely N-dealkylation sites (tertiary alicyclic amines) is 2. The molecular formula is C28H44N6O2S. The molecule has 9 heteroatoms. The van der Waals surface area contributed by atoms with E-state index in [2.05, 4.69) is 64.7 Å². The van der Waals surface area contributed by atoms with E-state index in [4.69, 9.17) is 0 Å². The first-order valence-corrected chi connectivity index (χ1v) is 14.4. The molecule has 3 fully saturated rings. The highest BCUT2D eigenvalue weighted by Crippen LogP contribution is 2.38. The van der Waals surface area contributed by atoms with E-state index in [1.165, 1.54) is 30.4 Å². The zero-order valence-electron chi connectivity index (χ0n) is 22.3. The molecule has 0 bridgehead atoms. The molecule has 2 amide bonds. The summed E-state index contributed by atoms with van der Waals surface area (Å²) >= 11 is 1.39. The number of benzene rings is 1. The molecule has 0 aliphatic carbocycles. The van der Waals surface area contributed by atoms with Crippen molar-refractivity contribution in [2.24, 2.45) is 5.92 Å². The number of rotatable bonds is 10. The number of nitrogens with one attached hydrogen (secondary N) is 2. The molecule has 1 aromatic rings. The highest BCUT2D eigenvalue weighted by molar-refractivity contribution is 8.04. The highest BCUT2D eigenvalue weighted by atomic mass is 32.2. The quantitative estimate of drug-likeness (QED) is 0.450. The van der Waals surface area contributed by atoms with Crippen LogP contribution >= 0.6 is 11.8 Å². The van der Waals surface area contributed by atoms with Gasteiger partial charge in [-0.1, -0.05) is 30.8 Å². The molecule has 0 saturated carbocycles. The number of nitrogens with zero attached hydrogens (tertiary/aromatic N) is 4. The maximum atomic E-state index is 13.1. The second-order valence-electron chi connectivity index (χ2n) is 10.6. The van der Waals surface area contributed by atoms with Gasteiger partial charge < -0.3 is 25.3 Å². The standard InChI is InChI=1S/C28H40N6O2S.2H2/c1-4-34-27(36)25(17-30-23-7-5-21(6-8-23)9-14-33-18-20(2)19-33)37-28(34)22(16-29)15-26(35)31-24-10-12-32(3)13-11-24;;/h5-8,20,24-25,30H,4,9-15,17-19H2,1-3H3,(H,31,35);2*1H/b28-22+;;. The lowest BCUT2D eigenvalue weighted by Crippen LogP contribution is -2.45. The van der Waals surface area contributed by atoms with Crippen molar-refractivity contribution in [1.82, 2.24) is 20.0 Å². The first-order chi connectivity index (χ1) is 17.9. The number of carbonyl (C=O) groups is 2. The predicted molar refractivity (Wildman–Crippen MR) is 153 cm³/mol. The van der Waals surface area contributed by atoms with Crippen LogP contribution in [0.25, 0.3) is 0 Å². The summed E-state index contributed by atoms with van der Waals surface area (Å²) < 4.78 is 0. The molecule has 37 heavy (non-hydrogen) atoms. The Hall–Kier alpha value is -2.54. The molecule has 3 saturated heterocycles. The first-order valence-electron chi connectivity index (χ1n) is 13.5. The van der Waals surface area contributed by atoms with Crippen LogP contribution in [0.1, 0.15) is 41.5 Å². The summed E-state index contributed by atoms with van der Waals surface area (Å²) in [6.07, 6.45) is 2.89. The van der Waals surface area contributed by atoms with Crippen LogP contribution in [0.15, 0.2) is 34.9 Å². The number of carbonyl (C=O) groups excluding carboxylic acids is 2. The van der Waals surface area contributed by atoms with Crippen molar-refractivity contribution in [1.29, 1.82) is 5.26 Å². The van der Waals surface area contributed by atoms with E-state index in [9.17, 15) is 14.9 Å². The van der Waals surface area contributed by atoms with Gasteiger partial charge in [0.15, 0.2) is 0 Å². The van der Waals surface area contributed by atoms with Crippen LogP contribution in [0.2, 0.25) is 0 Å². The van der Waals surface area contributed by atoms with Crippen molar-refractivity contribution in [2.75, 3.05) is 58.2 Å². The molecule has 2 N–H and O–H groups in total. The number of anilines is 1. The predicted octanol–water partition coefficient (Wildman–Crippen LogP) is 3.38. The van der Waals surface area contributed by atoms with Gasteiger partial charge in [-0.3, -0.25) is 9.59 Å². The van der Waals surface area contributed by atoms with Gasteiger partial charge in [0.25, 0.3) is 0 Å². The number of amides is 2. The first kappa shape index (κ1) is 27.5. The fourth-order valence-electron chi connectivity index (χ4n) is 5.24. The van der Waals surface area contributed by atoms with Crippen LogP contribution in [0.3, 0.4) is 0 Å². The highest BCUT2D eigenvalue weighted by Gasteiger charge is 2.38. The molecule has 1 atom stereocenters. The average molecular weight is 529 g/mol. The van der Waals surface area contributed by atoms with Gasteiger partial charge in [0.05, 0.1) is 23.1 Å². The Balaban J connectivity index is 0.00000267. The Kier molecular flexibility index (Phi) is 9.52. The van der Waals surface area contributed by atoms with Gasteiger partial charge in [0.2, 0.25) is 11.8 Å². The average Bonchev–Trinajstić information content (AvgIpc) is 3.20. The fourth-order valence-corrected chi connectivity index (χ4v) is 6.51. The van der Waals surface area contributed by atoms with Crippen molar-refractivity contribution in [2.45, 2.75) is 50.8 Å². The Morgan fingerprint density at radius 1 is 1.22 bits per heavy atom. The van der Waals surface area contributed by atoms with E-state index in [0.717, 1.165) is 50.5 Å². The molecule has 3 aliphatic rings. The van der Waals surface area contributed by atoms with Gasteiger partial charge in [0.1, 0.15) is 5.25 Å². The molecule has 3 heterocycles. The molecule has 4 rings (SSSR count). The summed E-state index contributed by atoms with van der Waals surface area (Å²) in [5.41, 5.74) is 2.67. The lowest BCUT2D eigenvalue weighted by Gasteiger charge is -2.37. The van der Waals surface area contributed by atoms with Crippen molar-refractivity contribution >= 4 is 29.3 Å². The molecule has 0 spiro atoms. The summed E-state index contributed by atoms with van der Waals surface area (Å²) in [5, 5.41) is 16.6. The normalized spacial score (nSPS) is 23.0. The summed E-state index contributed by atoms with van der Waals surface area (Å²) in [4.78, 5) is 32.2.